The Morgan fingerprint density at radius 2 is 1.77 bits per heavy atom. The summed E-state index contributed by atoms with van der Waals surface area (Å²) in [5.74, 6) is -0.135. The van der Waals surface area contributed by atoms with Crippen LogP contribution in [0.1, 0.15) is 52.6 Å². The second kappa shape index (κ2) is 13.1. The lowest BCUT2D eigenvalue weighted by molar-refractivity contribution is 0.0763. The highest BCUT2D eigenvalue weighted by molar-refractivity contribution is 6.05. The van der Waals surface area contributed by atoms with Gasteiger partial charge in [-0.05, 0) is 53.8 Å². The normalized spacial score (nSPS) is 11.2. The molecule has 1 heterocycles. The molecule has 230 valence electrons. The van der Waals surface area contributed by atoms with E-state index >= 15 is 0 Å². The van der Waals surface area contributed by atoms with Gasteiger partial charge in [0.05, 0.1) is 25.0 Å². The van der Waals surface area contributed by atoms with Crippen LogP contribution in [0.15, 0.2) is 71.7 Å². The van der Waals surface area contributed by atoms with E-state index in [9.17, 15) is 19.5 Å². The summed E-state index contributed by atoms with van der Waals surface area (Å²) in [4.78, 5) is 44.9. The zero-order valence-corrected chi connectivity index (χ0v) is 26.2. The maximum Gasteiger partial charge on any atom is 0.293 e. The zero-order valence-electron chi connectivity index (χ0n) is 26.2. The molecule has 0 spiro atoms. The standard InChI is InChI=1S/C34H39N5O5/c1-21-25(9-8-10-27(21)37-31(41)22-11-13-23(14-12-22)34(2,3)4)28-20-39(6)33(43)30(36-28)35-24-15-16-26(29(19-24)44-7)32(42)38(5)17-18-40/h8-16,19-20,40H,17-18H2,1-7H3,(H,35,36)(H,37,41). The molecular formula is C34H39N5O5. The van der Waals surface area contributed by atoms with Crippen LogP contribution in [0.25, 0.3) is 11.3 Å². The van der Waals surface area contributed by atoms with E-state index in [-0.39, 0.29) is 41.8 Å². The number of carbonyl (C=O) groups is 2. The summed E-state index contributed by atoms with van der Waals surface area (Å²) >= 11 is 0. The second-order valence-electron chi connectivity index (χ2n) is 11.6. The van der Waals surface area contributed by atoms with Gasteiger partial charge in [0.2, 0.25) is 0 Å². The van der Waals surface area contributed by atoms with Crippen molar-refractivity contribution < 1.29 is 19.4 Å². The molecule has 0 saturated carbocycles. The van der Waals surface area contributed by atoms with E-state index in [1.165, 1.54) is 16.6 Å². The van der Waals surface area contributed by atoms with Crippen molar-refractivity contribution in [1.29, 1.82) is 0 Å². The zero-order chi connectivity index (χ0) is 32.2. The number of aryl methyl sites for hydroxylation is 1. The summed E-state index contributed by atoms with van der Waals surface area (Å²) in [6, 6.07) is 18.0. The lowest BCUT2D eigenvalue weighted by Crippen LogP contribution is -2.29. The van der Waals surface area contributed by atoms with Crippen molar-refractivity contribution in [2.75, 3.05) is 37.9 Å². The molecule has 0 aliphatic heterocycles. The van der Waals surface area contributed by atoms with E-state index < -0.39 is 0 Å². The molecule has 0 aliphatic carbocycles. The Labute approximate surface area is 257 Å². The van der Waals surface area contributed by atoms with Crippen LogP contribution in [0.5, 0.6) is 5.75 Å². The van der Waals surface area contributed by atoms with Crippen molar-refractivity contribution in [1.82, 2.24) is 14.5 Å². The van der Waals surface area contributed by atoms with Crippen LogP contribution < -0.4 is 20.9 Å². The summed E-state index contributed by atoms with van der Waals surface area (Å²) in [5, 5.41) is 15.2. The first-order valence-electron chi connectivity index (χ1n) is 14.2. The lowest BCUT2D eigenvalue weighted by atomic mass is 9.86. The molecule has 3 N–H and O–H groups in total. The fourth-order valence-corrected chi connectivity index (χ4v) is 4.72. The SMILES string of the molecule is COc1cc(Nc2nc(-c3cccc(NC(=O)c4ccc(C(C)(C)C)cc4)c3C)cn(C)c2=O)ccc1C(=O)N(C)CCO. The number of aliphatic hydroxyl groups is 1. The molecule has 0 fully saturated rings. The average molecular weight is 598 g/mol. The van der Waals surface area contributed by atoms with Crippen LogP contribution in [-0.2, 0) is 12.5 Å². The van der Waals surface area contributed by atoms with Crippen molar-refractivity contribution in [3.8, 4) is 17.0 Å². The Morgan fingerprint density at radius 1 is 1.07 bits per heavy atom. The topological polar surface area (TPSA) is 126 Å². The number of rotatable bonds is 9. The fourth-order valence-electron chi connectivity index (χ4n) is 4.72. The molecule has 44 heavy (non-hydrogen) atoms. The van der Waals surface area contributed by atoms with Gasteiger partial charge in [0.25, 0.3) is 17.4 Å². The van der Waals surface area contributed by atoms with E-state index in [2.05, 4.69) is 36.4 Å². The Morgan fingerprint density at radius 3 is 2.41 bits per heavy atom. The highest BCUT2D eigenvalue weighted by atomic mass is 16.5. The molecule has 2 amide bonds. The van der Waals surface area contributed by atoms with Gasteiger partial charge < -0.3 is 29.9 Å². The third kappa shape index (κ3) is 6.98. The quantitative estimate of drug-likeness (QED) is 0.245. The van der Waals surface area contributed by atoms with Crippen molar-refractivity contribution in [2.45, 2.75) is 33.1 Å². The fraction of sp³-hybridized carbons (Fsp3) is 0.294. The number of methoxy groups -OCH3 is 1. The van der Waals surface area contributed by atoms with Crippen molar-refractivity contribution in [2.24, 2.45) is 7.05 Å². The molecule has 0 radical (unpaired) electrons. The molecule has 0 atom stereocenters. The number of benzene rings is 3. The molecular weight excluding hydrogens is 558 g/mol. The molecule has 10 heteroatoms. The van der Waals surface area contributed by atoms with Gasteiger partial charge in [-0.3, -0.25) is 14.4 Å². The van der Waals surface area contributed by atoms with Gasteiger partial charge in [0, 0.05) is 55.4 Å². The maximum absolute atomic E-state index is 13.1. The van der Waals surface area contributed by atoms with Crippen molar-refractivity contribution in [3.05, 3.63) is 99.5 Å². The molecule has 0 saturated heterocycles. The average Bonchev–Trinajstić information content (AvgIpc) is 2.99. The summed E-state index contributed by atoms with van der Waals surface area (Å²) in [5.41, 5.74) is 4.86. The molecule has 4 rings (SSSR count). The van der Waals surface area contributed by atoms with E-state index in [1.54, 1.807) is 38.5 Å². The highest BCUT2D eigenvalue weighted by Gasteiger charge is 2.19. The molecule has 4 aromatic rings. The van der Waals surface area contributed by atoms with Crippen LogP contribution in [-0.4, -0.2) is 58.7 Å². The van der Waals surface area contributed by atoms with E-state index in [0.29, 0.717) is 33.9 Å². The monoisotopic (exact) mass is 597 g/mol. The van der Waals surface area contributed by atoms with Crippen LogP contribution in [0, 0.1) is 6.92 Å². The van der Waals surface area contributed by atoms with Gasteiger partial charge >= 0.3 is 0 Å². The maximum atomic E-state index is 13.1. The molecule has 1 aromatic heterocycles. The smallest absolute Gasteiger partial charge is 0.293 e. The number of aliphatic hydroxyl groups excluding tert-OH is 1. The Kier molecular flexibility index (Phi) is 9.54. The van der Waals surface area contributed by atoms with E-state index in [1.807, 2.05) is 49.4 Å². The third-order valence-electron chi connectivity index (χ3n) is 7.42. The number of carbonyl (C=O) groups excluding carboxylic acids is 2. The summed E-state index contributed by atoms with van der Waals surface area (Å²) < 4.78 is 6.88. The second-order valence-corrected chi connectivity index (χ2v) is 11.6. The largest absolute Gasteiger partial charge is 0.496 e. The number of amides is 2. The Balaban J connectivity index is 1.62. The van der Waals surface area contributed by atoms with Gasteiger partial charge in [0.15, 0.2) is 5.82 Å². The van der Waals surface area contributed by atoms with Gasteiger partial charge in [-0.15, -0.1) is 0 Å². The number of likely N-dealkylation sites (N-methyl/N-ethyl adjacent to an activating group) is 1. The summed E-state index contributed by atoms with van der Waals surface area (Å²) in [6.07, 6.45) is 1.64. The highest BCUT2D eigenvalue weighted by Crippen LogP contribution is 2.30. The Bertz CT molecular complexity index is 1740. The first-order valence-corrected chi connectivity index (χ1v) is 14.2. The van der Waals surface area contributed by atoms with E-state index in [0.717, 1.165) is 16.7 Å². The number of nitrogens with one attached hydrogen (secondary N) is 2. The minimum Gasteiger partial charge on any atom is -0.496 e. The van der Waals surface area contributed by atoms with Crippen molar-refractivity contribution >= 4 is 29.0 Å². The molecule has 0 aliphatic rings. The number of hydrogen-bond donors (Lipinski definition) is 3. The van der Waals surface area contributed by atoms with Crippen LogP contribution >= 0.6 is 0 Å². The first-order chi connectivity index (χ1) is 20.8. The van der Waals surface area contributed by atoms with Crippen molar-refractivity contribution in [3.63, 3.8) is 0 Å². The Hall–Kier alpha value is -4.96. The minimum atomic E-state index is -0.351. The van der Waals surface area contributed by atoms with Gasteiger partial charge in [-0.2, -0.15) is 0 Å². The number of aromatic nitrogens is 2. The first kappa shape index (κ1) is 32.0. The van der Waals surface area contributed by atoms with Gasteiger partial charge in [-0.1, -0.05) is 45.0 Å². The number of nitrogens with zero attached hydrogens (tertiary/aromatic N) is 3. The van der Waals surface area contributed by atoms with Crippen LogP contribution in [0.4, 0.5) is 17.2 Å². The number of anilines is 3. The molecule has 10 nitrogen and oxygen atoms in total. The lowest BCUT2D eigenvalue weighted by Gasteiger charge is -2.19. The minimum absolute atomic E-state index is 0.0113. The molecule has 0 unspecified atom stereocenters. The molecule has 0 bridgehead atoms. The van der Waals surface area contributed by atoms with Crippen LogP contribution in [0.2, 0.25) is 0 Å². The molecule has 3 aromatic carbocycles. The number of ether oxygens (including phenoxy) is 1. The third-order valence-corrected chi connectivity index (χ3v) is 7.42. The predicted molar refractivity (Wildman–Crippen MR) is 173 cm³/mol. The summed E-state index contributed by atoms with van der Waals surface area (Å²) in [7, 11) is 4.69. The summed E-state index contributed by atoms with van der Waals surface area (Å²) in [6.45, 7) is 8.30. The van der Waals surface area contributed by atoms with Gasteiger partial charge in [0.1, 0.15) is 5.75 Å². The van der Waals surface area contributed by atoms with Crippen LogP contribution in [0.3, 0.4) is 0 Å². The van der Waals surface area contributed by atoms with E-state index in [4.69, 9.17) is 4.74 Å². The number of hydrogen-bond acceptors (Lipinski definition) is 7. The van der Waals surface area contributed by atoms with Gasteiger partial charge in [-0.25, -0.2) is 4.98 Å². The predicted octanol–water partition coefficient (Wildman–Crippen LogP) is 5.12.